The molecule has 0 aromatic carbocycles. The first kappa shape index (κ1) is 12.1. The Kier molecular flexibility index (Phi) is 3.11. The predicted octanol–water partition coefficient (Wildman–Crippen LogP) is 2.45. The smallest absolute Gasteiger partial charge is 0.186 e. The first-order valence-corrected chi connectivity index (χ1v) is 7.32. The summed E-state index contributed by atoms with van der Waals surface area (Å²) >= 11 is 1.52. The van der Waals surface area contributed by atoms with Crippen molar-refractivity contribution >= 4 is 22.8 Å². The first-order chi connectivity index (χ1) is 8.70. The minimum Gasteiger partial charge on any atom is -0.376 e. The van der Waals surface area contributed by atoms with Crippen molar-refractivity contribution in [1.82, 2.24) is 4.98 Å². The molecule has 1 saturated heterocycles. The van der Waals surface area contributed by atoms with E-state index in [4.69, 9.17) is 4.74 Å². The van der Waals surface area contributed by atoms with Crippen LogP contribution in [0.5, 0.6) is 0 Å². The number of anilines is 1. The Morgan fingerprint density at radius 2 is 2.22 bits per heavy atom. The van der Waals surface area contributed by atoms with E-state index in [1.807, 2.05) is 0 Å². The summed E-state index contributed by atoms with van der Waals surface area (Å²) in [6.07, 6.45) is 4.58. The third-order valence-corrected chi connectivity index (χ3v) is 4.96. The van der Waals surface area contributed by atoms with E-state index < -0.39 is 0 Å². The highest BCUT2D eigenvalue weighted by atomic mass is 32.1. The van der Waals surface area contributed by atoms with Crippen LogP contribution in [0.15, 0.2) is 0 Å². The molecule has 1 aliphatic heterocycles. The molecular weight excluding hydrogens is 248 g/mol. The molecule has 0 radical (unpaired) electrons. The Bertz CT molecular complexity index is 456. The van der Waals surface area contributed by atoms with Crippen molar-refractivity contribution in [3.63, 3.8) is 0 Å². The fourth-order valence-corrected chi connectivity index (χ4v) is 3.57. The summed E-state index contributed by atoms with van der Waals surface area (Å²) < 4.78 is 5.60. The van der Waals surface area contributed by atoms with Crippen LogP contribution in [0.2, 0.25) is 0 Å². The average Bonchev–Trinajstić information content (AvgIpc) is 2.98. The number of carbonyl (C=O) groups is 1. The minimum absolute atomic E-state index is 0.239. The number of aromatic nitrogens is 1. The quantitative estimate of drug-likeness (QED) is 0.785. The topological polar surface area (TPSA) is 42.4 Å². The van der Waals surface area contributed by atoms with Gasteiger partial charge in [-0.2, -0.15) is 0 Å². The molecule has 1 saturated carbocycles. The fraction of sp³-hybridized carbons (Fsp3) is 0.692. The number of aldehydes is 1. The number of ether oxygens (including phenoxy) is 1. The number of likely N-dealkylation sites (N-methyl/N-ethyl adjacent to an activating group) is 1. The molecule has 2 atom stereocenters. The molecule has 2 heterocycles. The van der Waals surface area contributed by atoms with Crippen LogP contribution in [-0.4, -0.2) is 37.1 Å². The summed E-state index contributed by atoms with van der Waals surface area (Å²) in [7, 11) is 2.06. The van der Waals surface area contributed by atoms with Crippen LogP contribution in [0.1, 0.15) is 47.5 Å². The minimum atomic E-state index is 0.239. The van der Waals surface area contributed by atoms with Crippen molar-refractivity contribution in [3.05, 3.63) is 10.6 Å². The van der Waals surface area contributed by atoms with E-state index in [1.165, 1.54) is 24.2 Å². The highest BCUT2D eigenvalue weighted by Crippen LogP contribution is 2.44. The standard InChI is InChI=1S/C13H18N2O2S/c1-8-10(5-6-17-8)15(2)13-14-12(9-3-4-9)11(7-16)18-13/h7-10H,3-6H2,1-2H3. The summed E-state index contributed by atoms with van der Waals surface area (Å²) in [5, 5.41) is 0.960. The zero-order valence-corrected chi connectivity index (χ0v) is 11.6. The molecule has 18 heavy (non-hydrogen) atoms. The molecule has 5 heteroatoms. The van der Waals surface area contributed by atoms with Gasteiger partial charge in [0.15, 0.2) is 11.4 Å². The van der Waals surface area contributed by atoms with Crippen molar-refractivity contribution in [3.8, 4) is 0 Å². The normalized spacial score (nSPS) is 27.4. The molecule has 1 aromatic heterocycles. The van der Waals surface area contributed by atoms with Crippen LogP contribution >= 0.6 is 11.3 Å². The van der Waals surface area contributed by atoms with Crippen LogP contribution in [0.3, 0.4) is 0 Å². The van der Waals surface area contributed by atoms with E-state index in [-0.39, 0.29) is 6.10 Å². The monoisotopic (exact) mass is 266 g/mol. The molecule has 98 valence electrons. The van der Waals surface area contributed by atoms with Gasteiger partial charge in [-0.05, 0) is 26.2 Å². The molecule has 0 amide bonds. The first-order valence-electron chi connectivity index (χ1n) is 6.51. The van der Waals surface area contributed by atoms with Crippen LogP contribution < -0.4 is 4.90 Å². The summed E-state index contributed by atoms with van der Waals surface area (Å²) in [5.74, 6) is 0.529. The van der Waals surface area contributed by atoms with Gasteiger partial charge in [0.05, 0.1) is 22.7 Å². The molecule has 2 fully saturated rings. The van der Waals surface area contributed by atoms with Gasteiger partial charge >= 0.3 is 0 Å². The van der Waals surface area contributed by atoms with Gasteiger partial charge < -0.3 is 9.64 Å². The van der Waals surface area contributed by atoms with Crippen molar-refractivity contribution in [2.75, 3.05) is 18.6 Å². The van der Waals surface area contributed by atoms with Gasteiger partial charge in [0.1, 0.15) is 0 Å². The summed E-state index contributed by atoms with van der Waals surface area (Å²) in [6.45, 7) is 2.92. The summed E-state index contributed by atoms with van der Waals surface area (Å²) in [4.78, 5) is 18.8. The Labute approximate surface area is 111 Å². The van der Waals surface area contributed by atoms with E-state index in [0.717, 1.165) is 35.0 Å². The second-order valence-electron chi connectivity index (χ2n) is 5.18. The maximum atomic E-state index is 11.1. The third-order valence-electron chi connectivity index (χ3n) is 3.88. The molecule has 2 aliphatic rings. The van der Waals surface area contributed by atoms with Crippen LogP contribution in [0, 0.1) is 0 Å². The second kappa shape index (κ2) is 4.63. The molecule has 0 bridgehead atoms. The Balaban J connectivity index is 1.84. The van der Waals surface area contributed by atoms with Gasteiger partial charge in [-0.1, -0.05) is 11.3 Å². The van der Waals surface area contributed by atoms with Gasteiger partial charge in [0.25, 0.3) is 0 Å². The highest BCUT2D eigenvalue weighted by molar-refractivity contribution is 7.17. The molecule has 2 unspecified atom stereocenters. The maximum absolute atomic E-state index is 11.1. The fourth-order valence-electron chi connectivity index (χ4n) is 2.59. The lowest BCUT2D eigenvalue weighted by atomic mass is 10.1. The zero-order valence-electron chi connectivity index (χ0n) is 10.8. The van der Waals surface area contributed by atoms with Crippen molar-refractivity contribution < 1.29 is 9.53 Å². The lowest BCUT2D eigenvalue weighted by Crippen LogP contribution is -2.36. The van der Waals surface area contributed by atoms with E-state index in [9.17, 15) is 4.79 Å². The zero-order chi connectivity index (χ0) is 12.7. The number of rotatable bonds is 4. The number of carbonyl (C=O) groups excluding carboxylic acids is 1. The van der Waals surface area contributed by atoms with E-state index in [2.05, 4.69) is 23.9 Å². The molecule has 3 rings (SSSR count). The summed E-state index contributed by atoms with van der Waals surface area (Å²) in [5.41, 5.74) is 1.02. The van der Waals surface area contributed by atoms with Gasteiger partial charge in [-0.25, -0.2) is 4.98 Å². The number of thiazole rings is 1. The van der Waals surface area contributed by atoms with Gasteiger partial charge in [-0.15, -0.1) is 0 Å². The number of hydrogen-bond acceptors (Lipinski definition) is 5. The molecular formula is C13H18N2O2S. The SMILES string of the molecule is CC1OCCC1N(C)c1nc(C2CC2)c(C=O)s1. The van der Waals surface area contributed by atoms with Crippen LogP contribution in [0.4, 0.5) is 5.13 Å². The lowest BCUT2D eigenvalue weighted by Gasteiger charge is -2.26. The van der Waals surface area contributed by atoms with Crippen LogP contribution in [0.25, 0.3) is 0 Å². The molecule has 4 nitrogen and oxygen atoms in total. The molecule has 1 aromatic rings. The molecule has 1 aliphatic carbocycles. The Hall–Kier alpha value is -0.940. The molecule has 0 spiro atoms. The third kappa shape index (κ3) is 2.06. The Morgan fingerprint density at radius 3 is 2.78 bits per heavy atom. The van der Waals surface area contributed by atoms with Gasteiger partial charge in [0.2, 0.25) is 0 Å². The van der Waals surface area contributed by atoms with E-state index in [1.54, 1.807) is 0 Å². The lowest BCUT2D eigenvalue weighted by molar-refractivity contribution is 0.112. The Morgan fingerprint density at radius 1 is 1.44 bits per heavy atom. The van der Waals surface area contributed by atoms with Crippen LogP contribution in [-0.2, 0) is 4.74 Å². The van der Waals surface area contributed by atoms with Gasteiger partial charge in [0, 0.05) is 19.6 Å². The largest absolute Gasteiger partial charge is 0.376 e. The second-order valence-corrected chi connectivity index (χ2v) is 6.19. The number of nitrogens with zero attached hydrogens (tertiary/aromatic N) is 2. The number of hydrogen-bond donors (Lipinski definition) is 0. The van der Waals surface area contributed by atoms with E-state index >= 15 is 0 Å². The molecule has 0 N–H and O–H groups in total. The maximum Gasteiger partial charge on any atom is 0.186 e. The van der Waals surface area contributed by atoms with Crippen molar-refractivity contribution in [2.24, 2.45) is 0 Å². The highest BCUT2D eigenvalue weighted by Gasteiger charge is 2.33. The summed E-state index contributed by atoms with van der Waals surface area (Å²) in [6, 6.07) is 0.378. The van der Waals surface area contributed by atoms with E-state index in [0.29, 0.717) is 12.0 Å². The average molecular weight is 266 g/mol. The predicted molar refractivity (Wildman–Crippen MR) is 71.7 cm³/mol. The van der Waals surface area contributed by atoms with Crippen molar-refractivity contribution in [2.45, 2.75) is 44.2 Å². The van der Waals surface area contributed by atoms with Crippen molar-refractivity contribution in [1.29, 1.82) is 0 Å². The van der Waals surface area contributed by atoms with Gasteiger partial charge in [-0.3, -0.25) is 4.79 Å².